The molecule has 0 heterocycles. The first-order valence-electron chi connectivity index (χ1n) is 4.00. The van der Waals surface area contributed by atoms with Crippen molar-refractivity contribution in [1.82, 2.24) is 0 Å². The summed E-state index contributed by atoms with van der Waals surface area (Å²) in [6.07, 6.45) is 1.71. The van der Waals surface area contributed by atoms with Crippen molar-refractivity contribution >= 4 is 21.6 Å². The minimum Gasteiger partial charge on any atom is -0.466 e. The van der Waals surface area contributed by atoms with Crippen LogP contribution in [0.1, 0.15) is 13.8 Å². The standard InChI is InChI=1S/C6H10O2.2H3O4P/c1-4-5(2)6(7)8-3;2*1-5(2,3)4/h4H,1-3H3;2*(H3,1,2,3,4). The number of ether oxygens (including phenoxy) is 1. The lowest BCUT2D eigenvalue weighted by Crippen LogP contribution is -2.00. The average molecular weight is 310 g/mol. The highest BCUT2D eigenvalue weighted by molar-refractivity contribution is 7.45. The summed E-state index contributed by atoms with van der Waals surface area (Å²) >= 11 is 0. The third-order valence-corrected chi connectivity index (χ3v) is 0.940. The molecule has 0 aromatic carbocycles. The number of esters is 1. The predicted octanol–water partition coefficient (Wildman–Crippen LogP) is -0.732. The van der Waals surface area contributed by atoms with Crippen molar-refractivity contribution in [3.63, 3.8) is 0 Å². The maximum absolute atomic E-state index is 10.5. The van der Waals surface area contributed by atoms with E-state index in [4.69, 9.17) is 38.5 Å². The number of phosphoric acid groups is 2. The zero-order valence-corrected chi connectivity index (χ0v) is 11.6. The van der Waals surface area contributed by atoms with Gasteiger partial charge in [-0.15, -0.1) is 0 Å². The van der Waals surface area contributed by atoms with Gasteiger partial charge in [0.15, 0.2) is 0 Å². The summed E-state index contributed by atoms with van der Waals surface area (Å²) in [7, 11) is -7.91. The highest BCUT2D eigenvalue weighted by atomic mass is 31.2. The van der Waals surface area contributed by atoms with Gasteiger partial charge in [-0.3, -0.25) is 0 Å². The quantitative estimate of drug-likeness (QED) is 0.205. The number of hydrogen-bond donors (Lipinski definition) is 6. The molecule has 0 radical (unpaired) electrons. The molecule has 12 heteroatoms. The van der Waals surface area contributed by atoms with Gasteiger partial charge in [0.1, 0.15) is 0 Å². The molecule has 0 aromatic heterocycles. The molecule has 110 valence electrons. The zero-order chi connectivity index (χ0) is 15.6. The van der Waals surface area contributed by atoms with Crippen molar-refractivity contribution in [1.29, 1.82) is 0 Å². The number of hydrogen-bond acceptors (Lipinski definition) is 4. The molecule has 0 amide bonds. The molecule has 6 N–H and O–H groups in total. The number of carbonyl (C=O) groups is 1. The first kappa shape index (κ1) is 22.6. The Labute approximate surface area is 103 Å². The smallest absolute Gasteiger partial charge is 0.466 e. The van der Waals surface area contributed by atoms with Crippen molar-refractivity contribution in [3.8, 4) is 0 Å². The van der Waals surface area contributed by atoms with Gasteiger partial charge in [0, 0.05) is 5.57 Å². The summed E-state index contributed by atoms with van der Waals surface area (Å²) < 4.78 is 22.2. The van der Waals surface area contributed by atoms with E-state index in [9.17, 15) is 4.79 Å². The fraction of sp³-hybridized carbons (Fsp3) is 0.500. The fourth-order valence-electron chi connectivity index (χ4n) is 0.279. The van der Waals surface area contributed by atoms with Crippen LogP contribution in [0.15, 0.2) is 11.6 Å². The first-order chi connectivity index (χ1) is 7.72. The van der Waals surface area contributed by atoms with E-state index in [2.05, 4.69) is 4.74 Å². The van der Waals surface area contributed by atoms with E-state index in [0.29, 0.717) is 5.57 Å². The molecule has 0 spiro atoms. The number of allylic oxidation sites excluding steroid dienone is 1. The predicted molar refractivity (Wildman–Crippen MR) is 60.0 cm³/mol. The number of rotatable bonds is 1. The molecular weight excluding hydrogens is 294 g/mol. The topological polar surface area (TPSA) is 182 Å². The lowest BCUT2D eigenvalue weighted by molar-refractivity contribution is -0.136. The summed E-state index contributed by atoms with van der Waals surface area (Å²) in [6.45, 7) is 3.51. The Hall–Kier alpha value is -0.570. The van der Waals surface area contributed by atoms with Crippen LogP contribution in [0.3, 0.4) is 0 Å². The minimum absolute atomic E-state index is 0.257. The first-order valence-corrected chi connectivity index (χ1v) is 7.13. The van der Waals surface area contributed by atoms with Crippen LogP contribution in [0.2, 0.25) is 0 Å². The van der Waals surface area contributed by atoms with Gasteiger partial charge in [0.05, 0.1) is 7.11 Å². The second-order valence-electron chi connectivity index (χ2n) is 2.49. The molecular formula is C6H16O10P2. The van der Waals surface area contributed by atoms with Gasteiger partial charge in [-0.05, 0) is 13.8 Å². The highest BCUT2D eigenvalue weighted by Gasteiger charge is 2.00. The summed E-state index contributed by atoms with van der Waals surface area (Å²) in [5.74, 6) is -0.257. The Balaban J connectivity index is -0.000000197. The summed E-state index contributed by atoms with van der Waals surface area (Å²) in [6, 6.07) is 0. The molecule has 0 rings (SSSR count). The van der Waals surface area contributed by atoms with Gasteiger partial charge in [0.2, 0.25) is 0 Å². The lowest BCUT2D eigenvalue weighted by atomic mass is 10.3. The molecule has 0 aliphatic heterocycles. The van der Waals surface area contributed by atoms with E-state index in [1.165, 1.54) is 7.11 Å². The van der Waals surface area contributed by atoms with Crippen LogP contribution in [0.4, 0.5) is 0 Å². The molecule has 0 aliphatic rings. The zero-order valence-electron chi connectivity index (χ0n) is 9.79. The average Bonchev–Trinajstić information content (AvgIpc) is 2.10. The molecule has 18 heavy (non-hydrogen) atoms. The van der Waals surface area contributed by atoms with Gasteiger partial charge in [-0.1, -0.05) is 6.08 Å². The van der Waals surface area contributed by atoms with Crippen LogP contribution in [-0.2, 0) is 18.7 Å². The molecule has 0 unspecified atom stereocenters. The molecule has 0 aromatic rings. The Morgan fingerprint density at radius 3 is 1.28 bits per heavy atom. The van der Waals surface area contributed by atoms with Crippen LogP contribution < -0.4 is 0 Å². The van der Waals surface area contributed by atoms with Gasteiger partial charge < -0.3 is 34.1 Å². The van der Waals surface area contributed by atoms with E-state index >= 15 is 0 Å². The normalized spacial score (nSPS) is 11.5. The van der Waals surface area contributed by atoms with Crippen LogP contribution in [0.5, 0.6) is 0 Å². The SMILES string of the molecule is CC=C(C)C(=O)OC.O=P(O)(O)O.O=P(O)(O)O. The Morgan fingerprint density at radius 2 is 1.22 bits per heavy atom. The number of methoxy groups -OCH3 is 1. The summed E-state index contributed by atoms with van der Waals surface area (Å²) in [5, 5.41) is 0. The molecule has 0 fully saturated rings. The molecule has 0 saturated carbocycles. The second kappa shape index (κ2) is 10.4. The Kier molecular flexibility index (Phi) is 13.0. The van der Waals surface area contributed by atoms with Crippen molar-refractivity contribution < 1.29 is 48.0 Å². The Bertz CT molecular complexity index is 313. The third kappa shape index (κ3) is 58.2. The van der Waals surface area contributed by atoms with Gasteiger partial charge in [0.25, 0.3) is 0 Å². The number of carbonyl (C=O) groups excluding carboxylic acids is 1. The van der Waals surface area contributed by atoms with Crippen LogP contribution >= 0.6 is 15.6 Å². The molecule has 0 bridgehead atoms. The molecule has 0 aliphatic carbocycles. The van der Waals surface area contributed by atoms with Gasteiger partial charge in [-0.2, -0.15) is 0 Å². The maximum atomic E-state index is 10.5. The van der Waals surface area contributed by atoms with E-state index in [-0.39, 0.29) is 5.97 Å². The van der Waals surface area contributed by atoms with Gasteiger partial charge >= 0.3 is 21.6 Å². The lowest BCUT2D eigenvalue weighted by Gasteiger charge is -1.93. The maximum Gasteiger partial charge on any atom is 0.466 e. The van der Waals surface area contributed by atoms with Crippen molar-refractivity contribution in [2.24, 2.45) is 0 Å². The van der Waals surface area contributed by atoms with Crippen molar-refractivity contribution in [2.75, 3.05) is 7.11 Å². The van der Waals surface area contributed by atoms with E-state index < -0.39 is 15.6 Å². The molecule has 10 nitrogen and oxygen atoms in total. The highest BCUT2D eigenvalue weighted by Crippen LogP contribution is 2.26. The fourth-order valence-corrected chi connectivity index (χ4v) is 0.279. The van der Waals surface area contributed by atoms with E-state index in [0.717, 1.165) is 0 Å². The van der Waals surface area contributed by atoms with Crippen molar-refractivity contribution in [3.05, 3.63) is 11.6 Å². The second-order valence-corrected chi connectivity index (χ2v) is 4.54. The van der Waals surface area contributed by atoms with E-state index in [1.807, 2.05) is 0 Å². The van der Waals surface area contributed by atoms with Crippen LogP contribution in [0.25, 0.3) is 0 Å². The summed E-state index contributed by atoms with van der Waals surface area (Å²) in [5.41, 5.74) is 0.646. The largest absolute Gasteiger partial charge is 0.466 e. The minimum atomic E-state index is -4.64. The summed E-state index contributed by atoms with van der Waals surface area (Å²) in [4.78, 5) is 53.6. The Morgan fingerprint density at radius 1 is 1.00 bits per heavy atom. The molecule has 0 saturated heterocycles. The van der Waals surface area contributed by atoms with Crippen molar-refractivity contribution in [2.45, 2.75) is 13.8 Å². The monoisotopic (exact) mass is 310 g/mol. The third-order valence-electron chi connectivity index (χ3n) is 0.940. The van der Waals surface area contributed by atoms with Crippen LogP contribution in [-0.4, -0.2) is 42.4 Å². The van der Waals surface area contributed by atoms with Gasteiger partial charge in [-0.25, -0.2) is 13.9 Å². The van der Waals surface area contributed by atoms with Crippen LogP contribution in [0, 0.1) is 0 Å². The molecule has 0 atom stereocenters. The van der Waals surface area contributed by atoms with E-state index in [1.54, 1.807) is 19.9 Å².